The molecule has 3 rings (SSSR count). The Morgan fingerprint density at radius 3 is 2.75 bits per heavy atom. The zero-order chi connectivity index (χ0) is 14.3. The Kier molecular flexibility index (Phi) is 2.84. The first kappa shape index (κ1) is 12.8. The molecular weight excluding hydrogens is 260 g/mol. The van der Waals surface area contributed by atoms with Crippen molar-refractivity contribution < 1.29 is 14.3 Å². The fourth-order valence-electron chi connectivity index (χ4n) is 2.69. The standard InChI is InChI=1S/C13H16N4O3/c1-9-5-15-10(6-14-9)11(18)17-4-3-13(8-17)7-16(2)12(19)20-13/h5-6H,3-4,7-8H2,1-2H3/t13-/m0/s1. The van der Waals surface area contributed by atoms with E-state index in [1.54, 1.807) is 23.0 Å². The number of likely N-dealkylation sites (tertiary alicyclic amines) is 1. The number of likely N-dealkylation sites (N-methyl/N-ethyl adjacent to an activating group) is 1. The van der Waals surface area contributed by atoms with Crippen LogP contribution in [0.3, 0.4) is 0 Å². The largest absolute Gasteiger partial charge is 0.439 e. The van der Waals surface area contributed by atoms with Gasteiger partial charge in [-0.1, -0.05) is 0 Å². The first-order chi connectivity index (χ1) is 9.49. The van der Waals surface area contributed by atoms with E-state index in [0.717, 1.165) is 5.69 Å². The predicted octanol–water partition coefficient (Wildman–Crippen LogP) is 0.452. The number of hydrogen-bond donors (Lipinski definition) is 0. The van der Waals surface area contributed by atoms with Crippen molar-refractivity contribution in [3.8, 4) is 0 Å². The van der Waals surface area contributed by atoms with Crippen molar-refractivity contribution in [2.75, 3.05) is 26.7 Å². The van der Waals surface area contributed by atoms with E-state index in [1.807, 2.05) is 6.92 Å². The molecular formula is C13H16N4O3. The van der Waals surface area contributed by atoms with Crippen LogP contribution >= 0.6 is 0 Å². The highest BCUT2D eigenvalue weighted by atomic mass is 16.6. The summed E-state index contributed by atoms with van der Waals surface area (Å²) in [5, 5.41) is 0. The number of carbonyl (C=O) groups is 2. The maximum Gasteiger partial charge on any atom is 0.410 e. The van der Waals surface area contributed by atoms with E-state index >= 15 is 0 Å². The Balaban J connectivity index is 1.73. The summed E-state index contributed by atoms with van der Waals surface area (Å²) in [4.78, 5) is 35.2. The maximum absolute atomic E-state index is 12.3. The quantitative estimate of drug-likeness (QED) is 0.744. The summed E-state index contributed by atoms with van der Waals surface area (Å²) in [7, 11) is 1.70. The van der Waals surface area contributed by atoms with E-state index in [9.17, 15) is 9.59 Å². The van der Waals surface area contributed by atoms with Gasteiger partial charge in [-0.3, -0.25) is 9.78 Å². The Morgan fingerprint density at radius 2 is 2.15 bits per heavy atom. The van der Waals surface area contributed by atoms with Crippen molar-refractivity contribution in [3.05, 3.63) is 23.8 Å². The van der Waals surface area contributed by atoms with Gasteiger partial charge in [0.1, 0.15) is 5.69 Å². The van der Waals surface area contributed by atoms with Gasteiger partial charge in [-0.25, -0.2) is 9.78 Å². The minimum absolute atomic E-state index is 0.167. The molecule has 0 bridgehead atoms. The van der Waals surface area contributed by atoms with Gasteiger partial charge in [0.05, 0.1) is 25.0 Å². The fourth-order valence-corrected chi connectivity index (χ4v) is 2.69. The van der Waals surface area contributed by atoms with E-state index in [-0.39, 0.29) is 12.0 Å². The molecule has 20 heavy (non-hydrogen) atoms. The minimum atomic E-state index is -0.556. The van der Waals surface area contributed by atoms with E-state index < -0.39 is 5.60 Å². The molecule has 3 heterocycles. The smallest absolute Gasteiger partial charge is 0.410 e. The lowest BCUT2D eigenvalue weighted by Gasteiger charge is -2.21. The monoisotopic (exact) mass is 276 g/mol. The van der Waals surface area contributed by atoms with Crippen molar-refractivity contribution in [2.24, 2.45) is 0 Å². The highest BCUT2D eigenvalue weighted by Gasteiger charge is 2.49. The van der Waals surface area contributed by atoms with Crippen LogP contribution in [-0.4, -0.2) is 64.1 Å². The molecule has 0 radical (unpaired) electrons. The summed E-state index contributed by atoms with van der Waals surface area (Å²) in [5.41, 5.74) is 0.538. The number of ether oxygens (including phenoxy) is 1. The van der Waals surface area contributed by atoms with Crippen LogP contribution in [0.1, 0.15) is 22.6 Å². The zero-order valence-electron chi connectivity index (χ0n) is 11.5. The molecule has 0 aliphatic carbocycles. The highest BCUT2D eigenvalue weighted by molar-refractivity contribution is 5.92. The second-order valence-corrected chi connectivity index (χ2v) is 5.43. The third kappa shape index (κ3) is 2.09. The SMILES string of the molecule is Cc1cnc(C(=O)N2CC[C@]3(CN(C)C(=O)O3)C2)cn1. The van der Waals surface area contributed by atoms with Crippen LogP contribution in [0, 0.1) is 6.92 Å². The van der Waals surface area contributed by atoms with Gasteiger partial charge in [0.25, 0.3) is 5.91 Å². The molecule has 2 fully saturated rings. The third-order valence-electron chi connectivity index (χ3n) is 3.74. The molecule has 7 heteroatoms. The molecule has 0 unspecified atom stereocenters. The summed E-state index contributed by atoms with van der Waals surface area (Å²) in [6, 6.07) is 0. The Bertz CT molecular complexity index is 559. The van der Waals surface area contributed by atoms with Crippen molar-refractivity contribution >= 4 is 12.0 Å². The summed E-state index contributed by atoms with van der Waals surface area (Å²) in [6.07, 6.45) is 3.39. The number of aromatic nitrogens is 2. The second kappa shape index (κ2) is 4.43. The molecule has 106 valence electrons. The number of aryl methyl sites for hydroxylation is 1. The van der Waals surface area contributed by atoms with Crippen molar-refractivity contribution in [1.29, 1.82) is 0 Å². The average molecular weight is 276 g/mol. The number of rotatable bonds is 1. The van der Waals surface area contributed by atoms with E-state index in [1.165, 1.54) is 6.20 Å². The fraction of sp³-hybridized carbons (Fsp3) is 0.538. The summed E-state index contributed by atoms with van der Waals surface area (Å²) in [6.45, 7) is 3.32. The molecule has 1 atom stereocenters. The molecule has 7 nitrogen and oxygen atoms in total. The van der Waals surface area contributed by atoms with Gasteiger partial charge in [-0.05, 0) is 6.92 Å². The molecule has 1 aromatic rings. The molecule has 0 saturated carbocycles. The predicted molar refractivity (Wildman–Crippen MR) is 69.1 cm³/mol. The Labute approximate surface area is 116 Å². The molecule has 1 aromatic heterocycles. The van der Waals surface area contributed by atoms with Crippen LogP contribution in [-0.2, 0) is 4.74 Å². The van der Waals surface area contributed by atoms with Crippen LogP contribution in [0.5, 0.6) is 0 Å². The molecule has 2 saturated heterocycles. The van der Waals surface area contributed by atoms with Gasteiger partial charge in [0.15, 0.2) is 5.60 Å². The van der Waals surface area contributed by atoms with Gasteiger partial charge < -0.3 is 14.5 Å². The van der Waals surface area contributed by atoms with Gasteiger partial charge in [0, 0.05) is 26.2 Å². The molecule has 2 amide bonds. The molecule has 2 aliphatic rings. The molecule has 2 aliphatic heterocycles. The molecule has 0 aromatic carbocycles. The molecule has 0 N–H and O–H groups in total. The van der Waals surface area contributed by atoms with Crippen LogP contribution in [0.4, 0.5) is 4.79 Å². The Morgan fingerprint density at radius 1 is 1.35 bits per heavy atom. The van der Waals surface area contributed by atoms with Crippen LogP contribution < -0.4 is 0 Å². The minimum Gasteiger partial charge on any atom is -0.439 e. The average Bonchev–Trinajstić information content (AvgIpc) is 2.94. The first-order valence-corrected chi connectivity index (χ1v) is 6.51. The molecule has 1 spiro atoms. The van der Waals surface area contributed by atoms with Crippen LogP contribution in [0.25, 0.3) is 0 Å². The summed E-state index contributed by atoms with van der Waals surface area (Å²) in [5.74, 6) is -0.167. The van der Waals surface area contributed by atoms with E-state index in [2.05, 4.69) is 9.97 Å². The van der Waals surface area contributed by atoms with E-state index in [0.29, 0.717) is 31.7 Å². The lowest BCUT2D eigenvalue weighted by Crippen LogP contribution is -2.39. The summed E-state index contributed by atoms with van der Waals surface area (Å²) < 4.78 is 5.41. The normalized spacial score (nSPS) is 25.4. The Hall–Kier alpha value is -2.18. The van der Waals surface area contributed by atoms with Gasteiger partial charge in [0.2, 0.25) is 0 Å². The summed E-state index contributed by atoms with van der Waals surface area (Å²) >= 11 is 0. The van der Waals surface area contributed by atoms with E-state index in [4.69, 9.17) is 4.74 Å². The lowest BCUT2D eigenvalue weighted by atomic mass is 10.0. The number of nitrogens with zero attached hydrogens (tertiary/aromatic N) is 4. The van der Waals surface area contributed by atoms with Crippen LogP contribution in [0.2, 0.25) is 0 Å². The topological polar surface area (TPSA) is 75.6 Å². The van der Waals surface area contributed by atoms with Gasteiger partial charge in [-0.15, -0.1) is 0 Å². The van der Waals surface area contributed by atoms with Crippen molar-refractivity contribution in [3.63, 3.8) is 0 Å². The lowest BCUT2D eigenvalue weighted by molar-refractivity contribution is 0.0550. The number of hydrogen-bond acceptors (Lipinski definition) is 5. The zero-order valence-corrected chi connectivity index (χ0v) is 11.5. The van der Waals surface area contributed by atoms with Gasteiger partial charge >= 0.3 is 6.09 Å². The van der Waals surface area contributed by atoms with Crippen molar-refractivity contribution in [1.82, 2.24) is 19.8 Å². The number of carbonyl (C=O) groups excluding carboxylic acids is 2. The third-order valence-corrected chi connectivity index (χ3v) is 3.74. The first-order valence-electron chi connectivity index (χ1n) is 6.51. The van der Waals surface area contributed by atoms with Crippen molar-refractivity contribution in [2.45, 2.75) is 18.9 Å². The van der Waals surface area contributed by atoms with Crippen LogP contribution in [0.15, 0.2) is 12.4 Å². The van der Waals surface area contributed by atoms with Gasteiger partial charge in [-0.2, -0.15) is 0 Å². The maximum atomic E-state index is 12.3. The highest BCUT2D eigenvalue weighted by Crippen LogP contribution is 2.32. The number of amides is 2. The second-order valence-electron chi connectivity index (χ2n) is 5.43.